The molecule has 5 nitrogen and oxygen atoms in total. The Morgan fingerprint density at radius 2 is 1.86 bits per heavy atom. The van der Waals surface area contributed by atoms with Crippen LogP contribution in [0.2, 0.25) is 0 Å². The summed E-state index contributed by atoms with van der Waals surface area (Å²) in [6, 6.07) is 18.0. The highest BCUT2D eigenvalue weighted by Crippen LogP contribution is 2.32. The molecule has 1 aromatic heterocycles. The maximum atomic E-state index is 12.7. The van der Waals surface area contributed by atoms with Crippen molar-refractivity contribution in [3.63, 3.8) is 0 Å². The van der Waals surface area contributed by atoms with E-state index in [-0.39, 0.29) is 5.91 Å². The molecule has 0 aliphatic carbocycles. The summed E-state index contributed by atoms with van der Waals surface area (Å²) >= 11 is 0. The number of pyridine rings is 1. The van der Waals surface area contributed by atoms with E-state index in [9.17, 15) is 4.79 Å². The summed E-state index contributed by atoms with van der Waals surface area (Å²) < 4.78 is 5.38. The van der Waals surface area contributed by atoms with Crippen molar-refractivity contribution in [1.29, 1.82) is 0 Å². The zero-order valence-corrected chi connectivity index (χ0v) is 16.8. The van der Waals surface area contributed by atoms with E-state index < -0.39 is 0 Å². The number of aryl methyl sites for hydroxylation is 1. The van der Waals surface area contributed by atoms with E-state index in [1.807, 2.05) is 59.5 Å². The molecule has 1 aliphatic rings. The molecule has 2 aromatic carbocycles. The van der Waals surface area contributed by atoms with Crippen LogP contribution in [0.25, 0.3) is 10.9 Å². The number of carbonyl (C=O) groups is 1. The Morgan fingerprint density at radius 3 is 2.66 bits per heavy atom. The molecule has 29 heavy (non-hydrogen) atoms. The van der Waals surface area contributed by atoms with Gasteiger partial charge in [-0.05, 0) is 43.0 Å². The average Bonchev–Trinajstić information content (AvgIpc) is 2.77. The Bertz CT molecular complexity index is 1010. The third-order valence-electron chi connectivity index (χ3n) is 5.82. The van der Waals surface area contributed by atoms with Crippen LogP contribution in [0.3, 0.4) is 0 Å². The number of carbonyl (C=O) groups excluding carboxylic acids is 1. The second-order valence-electron chi connectivity index (χ2n) is 7.62. The summed E-state index contributed by atoms with van der Waals surface area (Å²) in [5.74, 6) is 1.35. The number of hydrogen-bond acceptors (Lipinski definition) is 4. The molecule has 4 rings (SSSR count). The fourth-order valence-electron chi connectivity index (χ4n) is 4.19. The highest BCUT2D eigenvalue weighted by atomic mass is 16.5. The number of rotatable bonds is 5. The van der Waals surface area contributed by atoms with Crippen LogP contribution in [0.4, 0.5) is 5.69 Å². The van der Waals surface area contributed by atoms with Crippen molar-refractivity contribution in [2.75, 3.05) is 25.9 Å². The molecular weight excluding hydrogens is 362 g/mol. The lowest BCUT2D eigenvalue weighted by molar-refractivity contribution is -0.132. The van der Waals surface area contributed by atoms with E-state index in [2.05, 4.69) is 0 Å². The molecular formula is C24H27N3O2. The number of hydrogen-bond donors (Lipinski definition) is 1. The highest BCUT2D eigenvalue weighted by Gasteiger charge is 2.26. The highest BCUT2D eigenvalue weighted by molar-refractivity contribution is 5.82. The van der Waals surface area contributed by atoms with Gasteiger partial charge in [-0.25, -0.2) is 0 Å². The van der Waals surface area contributed by atoms with Gasteiger partial charge in [-0.1, -0.05) is 36.4 Å². The number of para-hydroxylation sites is 2. The molecule has 0 radical (unpaired) electrons. The minimum absolute atomic E-state index is 0.203. The van der Waals surface area contributed by atoms with Crippen molar-refractivity contribution in [3.05, 3.63) is 65.9 Å². The van der Waals surface area contributed by atoms with E-state index in [4.69, 9.17) is 15.5 Å². The number of ether oxygens (including phenoxy) is 1. The Balaban J connectivity index is 1.37. The SMILES string of the molecule is COc1ccccc1CCC(=O)N1CCC(c2nc3ccccc3cc2N)CC1. The maximum absolute atomic E-state index is 12.7. The lowest BCUT2D eigenvalue weighted by Crippen LogP contribution is -2.38. The van der Waals surface area contributed by atoms with Crippen molar-refractivity contribution in [1.82, 2.24) is 9.88 Å². The van der Waals surface area contributed by atoms with Crippen LogP contribution in [-0.4, -0.2) is 36.0 Å². The molecule has 0 bridgehead atoms. The minimum atomic E-state index is 0.203. The van der Waals surface area contributed by atoms with Gasteiger partial charge in [0.15, 0.2) is 0 Å². The molecule has 150 valence electrons. The van der Waals surface area contributed by atoms with Gasteiger partial charge in [0.2, 0.25) is 5.91 Å². The second kappa shape index (κ2) is 8.52. The normalized spacial score (nSPS) is 14.9. The molecule has 1 saturated heterocycles. The third kappa shape index (κ3) is 4.19. The molecule has 0 saturated carbocycles. The smallest absolute Gasteiger partial charge is 0.222 e. The first-order chi connectivity index (χ1) is 14.2. The fraction of sp³-hybridized carbons (Fsp3) is 0.333. The van der Waals surface area contributed by atoms with Gasteiger partial charge < -0.3 is 15.4 Å². The molecule has 0 unspecified atom stereocenters. The molecule has 3 aromatic rings. The number of nitrogens with two attached hydrogens (primary N) is 1. The molecule has 1 amide bonds. The van der Waals surface area contributed by atoms with E-state index in [1.54, 1.807) is 7.11 Å². The first-order valence-electron chi connectivity index (χ1n) is 10.2. The van der Waals surface area contributed by atoms with E-state index >= 15 is 0 Å². The topological polar surface area (TPSA) is 68.5 Å². The van der Waals surface area contributed by atoms with Crippen LogP contribution in [0.5, 0.6) is 5.75 Å². The van der Waals surface area contributed by atoms with Crippen molar-refractivity contribution < 1.29 is 9.53 Å². The molecule has 2 N–H and O–H groups in total. The molecule has 0 atom stereocenters. The Kier molecular flexibility index (Phi) is 5.65. The summed E-state index contributed by atoms with van der Waals surface area (Å²) in [6.07, 6.45) is 3.00. The van der Waals surface area contributed by atoms with E-state index in [0.717, 1.165) is 59.5 Å². The van der Waals surface area contributed by atoms with Gasteiger partial charge in [0.1, 0.15) is 5.75 Å². The lowest BCUT2D eigenvalue weighted by Gasteiger charge is -2.32. The summed E-state index contributed by atoms with van der Waals surface area (Å²) in [6.45, 7) is 1.51. The fourth-order valence-corrected chi connectivity index (χ4v) is 4.19. The number of likely N-dealkylation sites (tertiary alicyclic amines) is 1. The number of nitrogen functional groups attached to an aromatic ring is 1. The number of piperidine rings is 1. The summed E-state index contributed by atoms with van der Waals surface area (Å²) in [4.78, 5) is 19.5. The van der Waals surface area contributed by atoms with Crippen LogP contribution in [0.1, 0.15) is 36.4 Å². The van der Waals surface area contributed by atoms with Crippen molar-refractivity contribution >= 4 is 22.5 Å². The van der Waals surface area contributed by atoms with Crippen molar-refractivity contribution in [2.24, 2.45) is 0 Å². The summed E-state index contributed by atoms with van der Waals surface area (Å²) in [5.41, 5.74) is 10.1. The molecule has 1 aliphatic heterocycles. The number of amides is 1. The van der Waals surface area contributed by atoms with Crippen molar-refractivity contribution in [3.8, 4) is 5.75 Å². The van der Waals surface area contributed by atoms with E-state index in [0.29, 0.717) is 18.8 Å². The van der Waals surface area contributed by atoms with Gasteiger partial charge in [-0.3, -0.25) is 9.78 Å². The lowest BCUT2D eigenvalue weighted by atomic mass is 9.91. The number of fused-ring (bicyclic) bond motifs is 1. The summed E-state index contributed by atoms with van der Waals surface area (Å²) in [7, 11) is 1.66. The van der Waals surface area contributed by atoms with Gasteiger partial charge in [-0.15, -0.1) is 0 Å². The Labute approximate surface area is 171 Å². The second-order valence-corrected chi connectivity index (χ2v) is 7.62. The average molecular weight is 389 g/mol. The van der Waals surface area contributed by atoms with Gasteiger partial charge in [-0.2, -0.15) is 0 Å². The number of benzene rings is 2. The molecule has 2 heterocycles. The van der Waals surface area contributed by atoms with Crippen LogP contribution in [0, 0.1) is 0 Å². The number of methoxy groups -OCH3 is 1. The van der Waals surface area contributed by atoms with Crippen LogP contribution >= 0.6 is 0 Å². The largest absolute Gasteiger partial charge is 0.496 e. The zero-order valence-electron chi connectivity index (χ0n) is 16.8. The minimum Gasteiger partial charge on any atom is -0.496 e. The van der Waals surface area contributed by atoms with Gasteiger partial charge >= 0.3 is 0 Å². The van der Waals surface area contributed by atoms with Gasteiger partial charge in [0.05, 0.1) is 24.0 Å². The third-order valence-corrected chi connectivity index (χ3v) is 5.82. The van der Waals surface area contributed by atoms with E-state index in [1.165, 1.54) is 0 Å². The van der Waals surface area contributed by atoms with Crippen LogP contribution in [0.15, 0.2) is 54.6 Å². The number of nitrogens with zero attached hydrogens (tertiary/aromatic N) is 2. The molecule has 1 fully saturated rings. The molecule has 5 heteroatoms. The predicted octanol–water partition coefficient (Wildman–Crippen LogP) is 4.16. The van der Waals surface area contributed by atoms with Gasteiger partial charge in [0, 0.05) is 30.8 Å². The Hall–Kier alpha value is -3.08. The van der Waals surface area contributed by atoms with Crippen LogP contribution < -0.4 is 10.5 Å². The first kappa shape index (κ1) is 19.2. The summed E-state index contributed by atoms with van der Waals surface area (Å²) in [5, 5.41) is 1.07. The monoisotopic (exact) mass is 389 g/mol. The van der Waals surface area contributed by atoms with Gasteiger partial charge in [0.25, 0.3) is 0 Å². The quantitative estimate of drug-likeness (QED) is 0.711. The number of anilines is 1. The predicted molar refractivity (Wildman–Crippen MR) is 116 cm³/mol. The zero-order chi connectivity index (χ0) is 20.2. The standard InChI is InChI=1S/C24H27N3O2/c1-29-22-9-5-3-6-17(22)10-11-23(28)27-14-12-18(13-15-27)24-20(25)16-19-7-2-4-8-21(19)26-24/h2-9,16,18H,10-15,25H2,1H3. The van der Waals surface area contributed by atoms with Crippen LogP contribution in [-0.2, 0) is 11.2 Å². The molecule has 0 spiro atoms. The first-order valence-corrected chi connectivity index (χ1v) is 10.2. The number of aromatic nitrogens is 1. The maximum Gasteiger partial charge on any atom is 0.222 e. The van der Waals surface area contributed by atoms with Crippen molar-refractivity contribution in [2.45, 2.75) is 31.6 Å². The Morgan fingerprint density at radius 1 is 1.14 bits per heavy atom.